The van der Waals surface area contributed by atoms with Crippen LogP contribution in [0.1, 0.15) is 41.4 Å². The van der Waals surface area contributed by atoms with Gasteiger partial charge in [0.15, 0.2) is 0 Å². The molecule has 0 aliphatic carbocycles. The molecule has 0 bridgehead atoms. The first-order valence-corrected chi connectivity index (χ1v) is 12.3. The molecule has 0 unspecified atom stereocenters. The van der Waals surface area contributed by atoms with Crippen LogP contribution in [-0.4, -0.2) is 56.1 Å². The lowest BCUT2D eigenvalue weighted by Gasteiger charge is -2.34. The van der Waals surface area contributed by atoms with Crippen molar-refractivity contribution in [3.8, 4) is 17.2 Å². The average Bonchev–Trinajstić information content (AvgIpc) is 2.89. The third-order valence-electron chi connectivity index (χ3n) is 6.86. The molecular weight excluding hydrogens is 426 g/mol. The molecule has 0 spiro atoms. The lowest BCUT2D eigenvalue weighted by Crippen LogP contribution is -2.36. The third-order valence-corrected chi connectivity index (χ3v) is 6.86. The van der Waals surface area contributed by atoms with Crippen molar-refractivity contribution in [2.75, 3.05) is 46.1 Å². The van der Waals surface area contributed by atoms with Gasteiger partial charge in [-0.2, -0.15) is 0 Å². The fourth-order valence-corrected chi connectivity index (χ4v) is 5.02. The minimum Gasteiger partial charge on any atom is -0.508 e. The second kappa shape index (κ2) is 10.9. The number of phenols is 1. The molecular formula is C29H33NO4. The smallest absolute Gasteiger partial charge is 0.126 e. The van der Waals surface area contributed by atoms with Gasteiger partial charge >= 0.3 is 0 Å². The Hall–Kier alpha value is -3.02. The molecule has 1 fully saturated rings. The first-order valence-electron chi connectivity index (χ1n) is 12.3. The van der Waals surface area contributed by atoms with Crippen molar-refractivity contribution in [1.29, 1.82) is 0 Å². The second-order valence-corrected chi connectivity index (χ2v) is 9.11. The van der Waals surface area contributed by atoms with Gasteiger partial charge in [-0.3, -0.25) is 4.90 Å². The first kappa shape index (κ1) is 22.8. The fraction of sp³-hybridized carbons (Fsp3) is 0.379. The van der Waals surface area contributed by atoms with E-state index in [9.17, 15) is 5.11 Å². The molecule has 5 nitrogen and oxygen atoms in total. The standard InChI is InChI=1S/C29H33NO4/c31-24-10-13-26-28(20-24)34-21-27(22-6-2-1-3-7-22)29(26)23-8-11-25(12-9-23)33-17-5-4-14-30-15-18-32-19-16-30/h1-3,6-13,20,27,29,31H,4-5,14-19,21H2/t27-,29-/m0/s1. The zero-order valence-corrected chi connectivity index (χ0v) is 19.6. The lowest BCUT2D eigenvalue weighted by molar-refractivity contribution is 0.0368. The van der Waals surface area contributed by atoms with Crippen LogP contribution in [0.25, 0.3) is 0 Å². The summed E-state index contributed by atoms with van der Waals surface area (Å²) in [7, 11) is 0. The fourth-order valence-electron chi connectivity index (χ4n) is 5.02. The highest BCUT2D eigenvalue weighted by Crippen LogP contribution is 2.47. The van der Waals surface area contributed by atoms with Crippen LogP contribution >= 0.6 is 0 Å². The Morgan fingerprint density at radius 2 is 1.68 bits per heavy atom. The number of morpholine rings is 1. The van der Waals surface area contributed by atoms with E-state index in [-0.39, 0.29) is 17.6 Å². The molecule has 3 aromatic carbocycles. The molecule has 1 saturated heterocycles. The summed E-state index contributed by atoms with van der Waals surface area (Å²) in [6, 6.07) is 24.5. The van der Waals surface area contributed by atoms with Crippen molar-refractivity contribution in [3.63, 3.8) is 0 Å². The number of unbranched alkanes of at least 4 members (excludes halogenated alkanes) is 1. The van der Waals surface area contributed by atoms with Gasteiger partial charge in [0, 0.05) is 36.6 Å². The summed E-state index contributed by atoms with van der Waals surface area (Å²) in [5, 5.41) is 9.95. The summed E-state index contributed by atoms with van der Waals surface area (Å²) in [6.45, 7) is 6.22. The zero-order chi connectivity index (χ0) is 23.2. The summed E-state index contributed by atoms with van der Waals surface area (Å²) < 4.78 is 17.5. The van der Waals surface area contributed by atoms with Gasteiger partial charge in [-0.05, 0) is 48.7 Å². The normalized spacial score (nSPS) is 20.4. The first-order chi connectivity index (χ1) is 16.8. The van der Waals surface area contributed by atoms with E-state index >= 15 is 0 Å². The van der Waals surface area contributed by atoms with Gasteiger partial charge in [0.2, 0.25) is 0 Å². The van der Waals surface area contributed by atoms with Gasteiger partial charge in [0.05, 0.1) is 26.4 Å². The summed E-state index contributed by atoms with van der Waals surface area (Å²) in [4.78, 5) is 2.47. The maximum Gasteiger partial charge on any atom is 0.126 e. The third kappa shape index (κ3) is 5.37. The predicted molar refractivity (Wildman–Crippen MR) is 133 cm³/mol. The van der Waals surface area contributed by atoms with Gasteiger partial charge in [-0.25, -0.2) is 0 Å². The van der Waals surface area contributed by atoms with Crippen molar-refractivity contribution in [2.45, 2.75) is 24.7 Å². The summed E-state index contributed by atoms with van der Waals surface area (Å²) >= 11 is 0. The van der Waals surface area contributed by atoms with Gasteiger partial charge in [-0.15, -0.1) is 0 Å². The molecule has 2 aliphatic heterocycles. The highest BCUT2D eigenvalue weighted by molar-refractivity contribution is 5.50. The topological polar surface area (TPSA) is 51.2 Å². The van der Waals surface area contributed by atoms with Crippen LogP contribution in [0.2, 0.25) is 0 Å². The Labute approximate surface area is 201 Å². The minimum atomic E-state index is 0.148. The van der Waals surface area contributed by atoms with E-state index in [1.54, 1.807) is 12.1 Å². The molecule has 0 amide bonds. The molecule has 178 valence electrons. The predicted octanol–water partition coefficient (Wildman–Crippen LogP) is 5.19. The number of hydrogen-bond acceptors (Lipinski definition) is 5. The number of hydrogen-bond donors (Lipinski definition) is 1. The van der Waals surface area contributed by atoms with E-state index in [2.05, 4.69) is 53.4 Å². The van der Waals surface area contributed by atoms with Crippen molar-refractivity contribution >= 4 is 0 Å². The van der Waals surface area contributed by atoms with Crippen LogP contribution in [-0.2, 0) is 4.74 Å². The average molecular weight is 460 g/mol. The number of fused-ring (bicyclic) bond motifs is 1. The van der Waals surface area contributed by atoms with Gasteiger partial charge < -0.3 is 19.3 Å². The maximum absolute atomic E-state index is 9.95. The van der Waals surface area contributed by atoms with Crippen LogP contribution < -0.4 is 9.47 Å². The van der Waals surface area contributed by atoms with Crippen LogP contribution in [0.15, 0.2) is 72.8 Å². The van der Waals surface area contributed by atoms with Crippen molar-refractivity contribution in [1.82, 2.24) is 4.90 Å². The Morgan fingerprint density at radius 1 is 0.882 bits per heavy atom. The van der Waals surface area contributed by atoms with Crippen LogP contribution in [0.5, 0.6) is 17.2 Å². The van der Waals surface area contributed by atoms with Gasteiger partial charge in [0.25, 0.3) is 0 Å². The lowest BCUT2D eigenvalue weighted by atomic mass is 9.76. The van der Waals surface area contributed by atoms with E-state index in [1.165, 1.54) is 11.1 Å². The summed E-state index contributed by atoms with van der Waals surface area (Å²) in [5.41, 5.74) is 3.59. The van der Waals surface area contributed by atoms with Crippen LogP contribution in [0.4, 0.5) is 0 Å². The molecule has 0 aromatic heterocycles. The molecule has 1 N–H and O–H groups in total. The van der Waals surface area contributed by atoms with E-state index in [0.29, 0.717) is 6.61 Å². The molecule has 3 aromatic rings. The number of aromatic hydroxyl groups is 1. The number of phenolic OH excluding ortho intramolecular Hbond substituents is 1. The van der Waals surface area contributed by atoms with Crippen molar-refractivity contribution < 1.29 is 19.3 Å². The Morgan fingerprint density at radius 3 is 2.47 bits per heavy atom. The highest BCUT2D eigenvalue weighted by atomic mass is 16.5. The molecule has 0 radical (unpaired) electrons. The number of benzene rings is 3. The molecule has 2 atom stereocenters. The van der Waals surface area contributed by atoms with E-state index < -0.39 is 0 Å². The largest absolute Gasteiger partial charge is 0.508 e. The van der Waals surface area contributed by atoms with Crippen LogP contribution in [0.3, 0.4) is 0 Å². The summed E-state index contributed by atoms with van der Waals surface area (Å²) in [5.74, 6) is 2.25. The van der Waals surface area contributed by atoms with Crippen molar-refractivity contribution in [2.24, 2.45) is 0 Å². The van der Waals surface area contributed by atoms with E-state index in [0.717, 1.165) is 69.4 Å². The number of nitrogens with zero attached hydrogens (tertiary/aromatic N) is 1. The minimum absolute atomic E-state index is 0.148. The summed E-state index contributed by atoms with van der Waals surface area (Å²) in [6.07, 6.45) is 2.19. The zero-order valence-electron chi connectivity index (χ0n) is 19.6. The van der Waals surface area contributed by atoms with Crippen molar-refractivity contribution in [3.05, 3.63) is 89.5 Å². The van der Waals surface area contributed by atoms with Gasteiger partial charge in [-0.1, -0.05) is 48.5 Å². The Bertz CT molecular complexity index is 1050. The van der Waals surface area contributed by atoms with Gasteiger partial charge in [0.1, 0.15) is 17.2 Å². The second-order valence-electron chi connectivity index (χ2n) is 9.11. The number of rotatable bonds is 8. The maximum atomic E-state index is 9.95. The molecule has 5 heteroatoms. The van der Waals surface area contributed by atoms with E-state index in [4.69, 9.17) is 14.2 Å². The highest BCUT2D eigenvalue weighted by Gasteiger charge is 2.33. The molecule has 2 aliphatic rings. The number of ether oxygens (including phenoxy) is 3. The van der Waals surface area contributed by atoms with Crippen LogP contribution in [0, 0.1) is 0 Å². The Kier molecular flexibility index (Phi) is 7.32. The quantitative estimate of drug-likeness (QED) is 0.470. The van der Waals surface area contributed by atoms with E-state index in [1.807, 2.05) is 12.1 Å². The molecule has 0 saturated carbocycles. The SMILES string of the molecule is Oc1ccc2c(c1)OC[C@@H](c1ccccc1)[C@H]2c1ccc(OCCCCN2CCOCC2)cc1. The molecule has 2 heterocycles. The monoisotopic (exact) mass is 459 g/mol. The molecule has 34 heavy (non-hydrogen) atoms. The molecule has 5 rings (SSSR count). The Balaban J connectivity index is 1.25.